The Balaban J connectivity index is 3.01. The van der Waals surface area contributed by atoms with E-state index in [4.69, 9.17) is 5.73 Å². The van der Waals surface area contributed by atoms with E-state index in [2.05, 4.69) is 0 Å². The van der Waals surface area contributed by atoms with Crippen molar-refractivity contribution in [1.82, 2.24) is 5.32 Å². The molecule has 0 spiro atoms. The fourth-order valence-corrected chi connectivity index (χ4v) is 1.05. The molecule has 1 aromatic carbocycles. The summed E-state index contributed by atoms with van der Waals surface area (Å²) in [6.07, 6.45) is 0. The van der Waals surface area contributed by atoms with Crippen LogP contribution in [0.15, 0.2) is 18.2 Å². The second-order valence-corrected chi connectivity index (χ2v) is 2.77. The van der Waals surface area contributed by atoms with Gasteiger partial charge in [0.2, 0.25) is 0 Å². The summed E-state index contributed by atoms with van der Waals surface area (Å²) in [4.78, 5) is 21.7. The Labute approximate surface area is 80.5 Å². The summed E-state index contributed by atoms with van der Waals surface area (Å²) < 4.78 is 0. The summed E-state index contributed by atoms with van der Waals surface area (Å²) in [5.41, 5.74) is 5.42. The number of hydrogen-bond acceptors (Lipinski definition) is 3. The van der Waals surface area contributed by atoms with Gasteiger partial charge in [0.05, 0.1) is 0 Å². The van der Waals surface area contributed by atoms with Gasteiger partial charge in [0.1, 0.15) is 5.75 Å². The molecule has 4 N–H and O–H groups in total. The maximum Gasteiger partial charge on any atom is 0.319 e. The third-order valence-electron chi connectivity index (χ3n) is 1.79. The molecular weight excluding hydrogens is 184 g/mol. The zero-order chi connectivity index (χ0) is 10.7. The molecule has 0 aliphatic carbocycles. The van der Waals surface area contributed by atoms with E-state index in [1.54, 1.807) is 6.92 Å². The number of urea groups is 1. The Bertz CT molecular complexity index is 388. The first-order valence-electron chi connectivity index (χ1n) is 3.91. The van der Waals surface area contributed by atoms with Gasteiger partial charge < -0.3 is 10.8 Å². The third-order valence-corrected chi connectivity index (χ3v) is 1.79. The van der Waals surface area contributed by atoms with E-state index in [-0.39, 0.29) is 11.3 Å². The standard InChI is InChI=1S/C9H10N2O3/c1-5-6(3-2-4-7(5)12)8(13)11-9(10)14/h2-4,12H,1H3,(H3,10,11,13,14). The van der Waals surface area contributed by atoms with Crippen LogP contribution in [0.2, 0.25) is 0 Å². The van der Waals surface area contributed by atoms with Crippen molar-refractivity contribution in [2.45, 2.75) is 6.92 Å². The lowest BCUT2D eigenvalue weighted by Crippen LogP contribution is -2.35. The summed E-state index contributed by atoms with van der Waals surface area (Å²) in [6, 6.07) is 3.54. The smallest absolute Gasteiger partial charge is 0.319 e. The second-order valence-electron chi connectivity index (χ2n) is 2.77. The lowest BCUT2D eigenvalue weighted by Gasteiger charge is -2.05. The van der Waals surface area contributed by atoms with Crippen LogP contribution in [0.3, 0.4) is 0 Å². The van der Waals surface area contributed by atoms with E-state index >= 15 is 0 Å². The zero-order valence-electron chi connectivity index (χ0n) is 7.57. The maximum atomic E-state index is 11.3. The van der Waals surface area contributed by atoms with E-state index in [9.17, 15) is 14.7 Å². The number of primary amides is 1. The first-order chi connectivity index (χ1) is 6.52. The van der Waals surface area contributed by atoms with E-state index in [1.807, 2.05) is 5.32 Å². The topological polar surface area (TPSA) is 92.4 Å². The number of carbonyl (C=O) groups excluding carboxylic acids is 2. The molecule has 0 saturated heterocycles. The number of imide groups is 1. The highest BCUT2D eigenvalue weighted by Gasteiger charge is 2.12. The number of benzene rings is 1. The summed E-state index contributed by atoms with van der Waals surface area (Å²) in [5.74, 6) is -0.618. The quantitative estimate of drug-likeness (QED) is 0.608. The van der Waals surface area contributed by atoms with Crippen LogP contribution in [0.4, 0.5) is 4.79 Å². The first kappa shape index (κ1) is 10.0. The Morgan fingerprint density at radius 1 is 1.43 bits per heavy atom. The third kappa shape index (κ3) is 2.01. The molecule has 0 saturated carbocycles. The van der Waals surface area contributed by atoms with Crippen LogP contribution in [0.5, 0.6) is 5.75 Å². The molecule has 0 bridgehead atoms. The summed E-state index contributed by atoms with van der Waals surface area (Å²) in [6.45, 7) is 1.57. The largest absolute Gasteiger partial charge is 0.508 e. The van der Waals surface area contributed by atoms with Crippen LogP contribution in [0.1, 0.15) is 15.9 Å². The highest BCUT2D eigenvalue weighted by molar-refractivity contribution is 6.04. The van der Waals surface area contributed by atoms with Gasteiger partial charge in [-0.3, -0.25) is 10.1 Å². The molecule has 14 heavy (non-hydrogen) atoms. The highest BCUT2D eigenvalue weighted by atomic mass is 16.3. The van der Waals surface area contributed by atoms with Crippen molar-refractivity contribution in [3.8, 4) is 5.75 Å². The summed E-state index contributed by atoms with van der Waals surface area (Å²) in [5, 5.41) is 11.2. The number of nitrogens with two attached hydrogens (primary N) is 1. The molecule has 5 heteroatoms. The molecule has 0 fully saturated rings. The molecule has 0 unspecified atom stereocenters. The number of amides is 3. The average Bonchev–Trinajstić information content (AvgIpc) is 2.08. The molecule has 74 valence electrons. The van der Waals surface area contributed by atoms with Crippen LogP contribution in [-0.4, -0.2) is 17.0 Å². The van der Waals surface area contributed by atoms with Crippen LogP contribution < -0.4 is 11.1 Å². The number of phenols is 1. The lowest BCUT2D eigenvalue weighted by molar-refractivity contribution is 0.0965. The van der Waals surface area contributed by atoms with Crippen LogP contribution in [0.25, 0.3) is 0 Å². The van der Waals surface area contributed by atoms with Crippen LogP contribution in [-0.2, 0) is 0 Å². The summed E-state index contributed by atoms with van der Waals surface area (Å²) in [7, 11) is 0. The van der Waals surface area contributed by atoms with E-state index in [0.29, 0.717) is 5.56 Å². The van der Waals surface area contributed by atoms with Gasteiger partial charge >= 0.3 is 6.03 Å². The van der Waals surface area contributed by atoms with Gasteiger partial charge in [0.25, 0.3) is 5.91 Å². The number of rotatable bonds is 1. The molecule has 1 aromatic rings. The van der Waals surface area contributed by atoms with E-state index in [0.717, 1.165) is 0 Å². The normalized spacial score (nSPS) is 9.50. The first-order valence-corrected chi connectivity index (χ1v) is 3.91. The van der Waals surface area contributed by atoms with Gasteiger partial charge in [0, 0.05) is 11.1 Å². The van der Waals surface area contributed by atoms with Gasteiger partial charge in [-0.25, -0.2) is 4.79 Å². The van der Waals surface area contributed by atoms with Gasteiger partial charge in [-0.2, -0.15) is 0 Å². The SMILES string of the molecule is Cc1c(O)cccc1C(=O)NC(N)=O. The molecule has 0 radical (unpaired) electrons. The molecule has 1 rings (SSSR count). The van der Waals surface area contributed by atoms with E-state index < -0.39 is 11.9 Å². The van der Waals surface area contributed by atoms with Crippen molar-refractivity contribution in [3.63, 3.8) is 0 Å². The molecule has 0 atom stereocenters. The number of carbonyl (C=O) groups is 2. The predicted octanol–water partition coefficient (Wildman–Crippen LogP) is 0.509. The van der Waals surface area contributed by atoms with Gasteiger partial charge in [-0.05, 0) is 19.1 Å². The second kappa shape index (κ2) is 3.78. The zero-order valence-corrected chi connectivity index (χ0v) is 7.57. The van der Waals surface area contributed by atoms with Crippen molar-refractivity contribution >= 4 is 11.9 Å². The summed E-state index contributed by atoms with van der Waals surface area (Å²) >= 11 is 0. The Hall–Kier alpha value is -2.04. The Kier molecular flexibility index (Phi) is 2.71. The van der Waals surface area contributed by atoms with E-state index in [1.165, 1.54) is 18.2 Å². The van der Waals surface area contributed by atoms with Crippen molar-refractivity contribution in [2.75, 3.05) is 0 Å². The molecule has 0 aromatic heterocycles. The minimum absolute atomic E-state index is 0.00196. The molecule has 0 aliphatic rings. The molecule has 3 amide bonds. The predicted molar refractivity (Wildman–Crippen MR) is 49.9 cm³/mol. The fourth-order valence-electron chi connectivity index (χ4n) is 1.05. The Morgan fingerprint density at radius 3 is 2.64 bits per heavy atom. The van der Waals surface area contributed by atoms with Crippen LogP contribution >= 0.6 is 0 Å². The minimum Gasteiger partial charge on any atom is -0.508 e. The van der Waals surface area contributed by atoms with Gasteiger partial charge in [0.15, 0.2) is 0 Å². The fraction of sp³-hybridized carbons (Fsp3) is 0.111. The van der Waals surface area contributed by atoms with Gasteiger partial charge in [-0.15, -0.1) is 0 Å². The van der Waals surface area contributed by atoms with Crippen molar-refractivity contribution < 1.29 is 14.7 Å². The monoisotopic (exact) mass is 194 g/mol. The average molecular weight is 194 g/mol. The number of phenolic OH excluding ortho intramolecular Hbond substituents is 1. The number of aromatic hydroxyl groups is 1. The van der Waals surface area contributed by atoms with Crippen molar-refractivity contribution in [1.29, 1.82) is 0 Å². The number of hydrogen-bond donors (Lipinski definition) is 3. The number of nitrogens with one attached hydrogen (secondary N) is 1. The lowest BCUT2D eigenvalue weighted by atomic mass is 10.1. The molecule has 5 nitrogen and oxygen atoms in total. The van der Waals surface area contributed by atoms with Gasteiger partial charge in [-0.1, -0.05) is 6.07 Å². The maximum absolute atomic E-state index is 11.3. The van der Waals surface area contributed by atoms with Crippen molar-refractivity contribution in [2.24, 2.45) is 5.73 Å². The van der Waals surface area contributed by atoms with Crippen molar-refractivity contribution in [3.05, 3.63) is 29.3 Å². The van der Waals surface area contributed by atoms with Crippen LogP contribution in [0, 0.1) is 6.92 Å². The Morgan fingerprint density at radius 2 is 2.07 bits per heavy atom. The molecular formula is C9H10N2O3. The molecule has 0 aliphatic heterocycles. The minimum atomic E-state index is -0.919. The highest BCUT2D eigenvalue weighted by Crippen LogP contribution is 2.19. The molecule has 0 heterocycles.